The van der Waals surface area contributed by atoms with Gasteiger partial charge in [-0.25, -0.2) is 0 Å². The third-order valence-electron chi connectivity index (χ3n) is 3.00. The fraction of sp³-hybridized carbons (Fsp3) is 0.909. The van der Waals surface area contributed by atoms with Crippen LogP contribution in [0.25, 0.3) is 0 Å². The van der Waals surface area contributed by atoms with Crippen LogP contribution in [0.5, 0.6) is 0 Å². The van der Waals surface area contributed by atoms with E-state index in [-0.39, 0.29) is 5.97 Å². The minimum absolute atomic E-state index is 0.169. The molecule has 1 aliphatic rings. The maximum atomic E-state index is 11.4. The molecule has 0 amide bonds. The van der Waals surface area contributed by atoms with Gasteiger partial charge in [0.2, 0.25) is 0 Å². The molecule has 1 saturated carbocycles. The van der Waals surface area contributed by atoms with Crippen LogP contribution >= 0.6 is 0 Å². The van der Waals surface area contributed by atoms with Gasteiger partial charge in [0.05, 0.1) is 18.6 Å². The number of hydrogen-bond donors (Lipinski definition) is 1. The molecular formula is C11H21NO3. The number of rotatable bonds is 5. The molecule has 88 valence electrons. The molecule has 0 heterocycles. The summed E-state index contributed by atoms with van der Waals surface area (Å²) in [5.74, 6) is -0.169. The summed E-state index contributed by atoms with van der Waals surface area (Å²) in [4.78, 5) is 11.4. The molecule has 0 radical (unpaired) electrons. The molecule has 4 nitrogen and oxygen atoms in total. The predicted octanol–water partition coefficient (Wildman–Crippen LogP) is 0.953. The standard InChI is InChI=1S/C11H21NO3/c1-11(2,10(13)15-4)7-12-8-5-9(6-8)14-3/h8-9,12H,5-7H2,1-4H3. The maximum absolute atomic E-state index is 11.4. The number of ether oxygens (including phenoxy) is 2. The van der Waals surface area contributed by atoms with E-state index in [1.165, 1.54) is 7.11 Å². The number of nitrogens with one attached hydrogen (secondary N) is 1. The first-order valence-corrected chi connectivity index (χ1v) is 5.34. The lowest BCUT2D eigenvalue weighted by Crippen LogP contribution is -2.49. The van der Waals surface area contributed by atoms with E-state index in [4.69, 9.17) is 9.47 Å². The number of carbonyl (C=O) groups excluding carboxylic acids is 1. The van der Waals surface area contributed by atoms with Gasteiger partial charge in [0.1, 0.15) is 0 Å². The predicted molar refractivity (Wildman–Crippen MR) is 57.6 cm³/mol. The van der Waals surface area contributed by atoms with Gasteiger partial charge in [-0.15, -0.1) is 0 Å². The molecule has 4 heteroatoms. The molecule has 0 aliphatic heterocycles. The van der Waals surface area contributed by atoms with Crippen LogP contribution < -0.4 is 5.32 Å². The molecule has 1 fully saturated rings. The van der Waals surface area contributed by atoms with Crippen LogP contribution in [0.15, 0.2) is 0 Å². The van der Waals surface area contributed by atoms with Crippen molar-refractivity contribution in [2.45, 2.75) is 38.8 Å². The average molecular weight is 215 g/mol. The van der Waals surface area contributed by atoms with E-state index in [0.29, 0.717) is 18.7 Å². The quantitative estimate of drug-likeness (QED) is 0.694. The van der Waals surface area contributed by atoms with Crippen LogP contribution in [0, 0.1) is 5.41 Å². The Hall–Kier alpha value is -0.610. The van der Waals surface area contributed by atoms with Crippen LogP contribution in [0.4, 0.5) is 0 Å². The SMILES string of the molecule is COC(=O)C(C)(C)CNC1CC(OC)C1. The molecule has 0 bridgehead atoms. The molecule has 0 aromatic heterocycles. The van der Waals surface area contributed by atoms with E-state index in [0.717, 1.165) is 12.8 Å². The van der Waals surface area contributed by atoms with Crippen LogP contribution in [-0.4, -0.2) is 38.9 Å². The Morgan fingerprint density at radius 2 is 2.00 bits per heavy atom. The van der Waals surface area contributed by atoms with E-state index in [2.05, 4.69) is 5.32 Å². The van der Waals surface area contributed by atoms with Gasteiger partial charge in [-0.3, -0.25) is 4.79 Å². The lowest BCUT2D eigenvalue weighted by Gasteiger charge is -2.36. The van der Waals surface area contributed by atoms with Crippen molar-refractivity contribution < 1.29 is 14.3 Å². The summed E-state index contributed by atoms with van der Waals surface area (Å²) in [5, 5.41) is 3.36. The molecule has 0 spiro atoms. The van der Waals surface area contributed by atoms with Crippen LogP contribution in [0.2, 0.25) is 0 Å². The van der Waals surface area contributed by atoms with Gasteiger partial charge in [0, 0.05) is 19.7 Å². The average Bonchev–Trinajstić information content (AvgIpc) is 2.14. The van der Waals surface area contributed by atoms with Gasteiger partial charge in [-0.2, -0.15) is 0 Å². The Labute approximate surface area is 91.3 Å². The van der Waals surface area contributed by atoms with Crippen molar-refractivity contribution in [1.82, 2.24) is 5.32 Å². The van der Waals surface area contributed by atoms with E-state index in [1.807, 2.05) is 13.8 Å². The lowest BCUT2D eigenvalue weighted by molar-refractivity contribution is -0.150. The van der Waals surface area contributed by atoms with E-state index >= 15 is 0 Å². The summed E-state index contributed by atoms with van der Waals surface area (Å²) in [7, 11) is 3.16. The minimum atomic E-state index is -0.451. The Kier molecular flexibility index (Phi) is 4.11. The Bertz CT molecular complexity index is 222. The Balaban J connectivity index is 2.23. The maximum Gasteiger partial charge on any atom is 0.312 e. The van der Waals surface area contributed by atoms with Crippen molar-refractivity contribution in [1.29, 1.82) is 0 Å². The lowest BCUT2D eigenvalue weighted by atomic mass is 9.87. The number of hydrogen-bond acceptors (Lipinski definition) is 4. The topological polar surface area (TPSA) is 47.6 Å². The highest BCUT2D eigenvalue weighted by atomic mass is 16.5. The zero-order chi connectivity index (χ0) is 11.5. The van der Waals surface area contributed by atoms with Gasteiger partial charge in [0.25, 0.3) is 0 Å². The molecule has 0 aromatic carbocycles. The van der Waals surface area contributed by atoms with Gasteiger partial charge < -0.3 is 14.8 Å². The number of esters is 1. The highest BCUT2D eigenvalue weighted by Gasteiger charge is 2.33. The fourth-order valence-electron chi connectivity index (χ4n) is 1.67. The summed E-state index contributed by atoms with van der Waals surface area (Å²) < 4.78 is 9.92. The largest absolute Gasteiger partial charge is 0.469 e. The molecule has 0 unspecified atom stereocenters. The summed E-state index contributed by atoms with van der Waals surface area (Å²) in [6, 6.07) is 0.485. The Morgan fingerprint density at radius 1 is 1.40 bits per heavy atom. The highest BCUT2D eigenvalue weighted by molar-refractivity contribution is 5.76. The smallest absolute Gasteiger partial charge is 0.312 e. The third-order valence-corrected chi connectivity index (χ3v) is 3.00. The zero-order valence-electron chi connectivity index (χ0n) is 10.0. The molecule has 0 aromatic rings. The van der Waals surface area contributed by atoms with Crippen molar-refractivity contribution in [2.75, 3.05) is 20.8 Å². The van der Waals surface area contributed by atoms with E-state index < -0.39 is 5.41 Å². The first-order chi connectivity index (χ1) is 6.99. The van der Waals surface area contributed by atoms with Gasteiger partial charge in [-0.05, 0) is 26.7 Å². The summed E-state index contributed by atoms with van der Waals surface area (Å²) in [5.41, 5.74) is -0.451. The monoisotopic (exact) mass is 215 g/mol. The molecule has 1 aliphatic carbocycles. The van der Waals surface area contributed by atoms with Crippen LogP contribution in [0.3, 0.4) is 0 Å². The first-order valence-electron chi connectivity index (χ1n) is 5.34. The third kappa shape index (κ3) is 3.18. The molecule has 0 saturated heterocycles. The number of methoxy groups -OCH3 is 2. The van der Waals surface area contributed by atoms with Crippen molar-refractivity contribution in [3.05, 3.63) is 0 Å². The van der Waals surface area contributed by atoms with E-state index in [1.54, 1.807) is 7.11 Å². The molecular weight excluding hydrogens is 194 g/mol. The van der Waals surface area contributed by atoms with Gasteiger partial charge >= 0.3 is 5.97 Å². The second kappa shape index (κ2) is 4.94. The van der Waals surface area contributed by atoms with Crippen molar-refractivity contribution in [2.24, 2.45) is 5.41 Å². The second-order valence-electron chi connectivity index (χ2n) is 4.78. The molecule has 1 rings (SSSR count). The van der Waals surface area contributed by atoms with Crippen molar-refractivity contribution in [3.8, 4) is 0 Å². The molecule has 0 atom stereocenters. The second-order valence-corrected chi connectivity index (χ2v) is 4.78. The summed E-state index contributed by atoms with van der Waals surface area (Å²) in [6.07, 6.45) is 2.46. The summed E-state index contributed by atoms with van der Waals surface area (Å²) in [6.45, 7) is 4.43. The van der Waals surface area contributed by atoms with Crippen LogP contribution in [-0.2, 0) is 14.3 Å². The molecule has 1 N–H and O–H groups in total. The molecule has 15 heavy (non-hydrogen) atoms. The first kappa shape index (κ1) is 12.5. The van der Waals surface area contributed by atoms with Crippen LogP contribution in [0.1, 0.15) is 26.7 Å². The van der Waals surface area contributed by atoms with Crippen molar-refractivity contribution >= 4 is 5.97 Å². The number of carbonyl (C=O) groups is 1. The normalized spacial score (nSPS) is 25.9. The van der Waals surface area contributed by atoms with Gasteiger partial charge in [0.15, 0.2) is 0 Å². The highest BCUT2D eigenvalue weighted by Crippen LogP contribution is 2.24. The van der Waals surface area contributed by atoms with E-state index in [9.17, 15) is 4.79 Å². The minimum Gasteiger partial charge on any atom is -0.469 e. The Morgan fingerprint density at radius 3 is 2.47 bits per heavy atom. The summed E-state index contributed by atoms with van der Waals surface area (Å²) >= 11 is 0. The van der Waals surface area contributed by atoms with Crippen molar-refractivity contribution in [3.63, 3.8) is 0 Å². The fourth-order valence-corrected chi connectivity index (χ4v) is 1.67. The van der Waals surface area contributed by atoms with Gasteiger partial charge in [-0.1, -0.05) is 0 Å². The zero-order valence-corrected chi connectivity index (χ0v) is 10.0.